The zero-order chi connectivity index (χ0) is 12.5. The number of para-hydroxylation sites is 1. The van der Waals surface area contributed by atoms with Crippen molar-refractivity contribution in [2.75, 3.05) is 0 Å². The Hall–Kier alpha value is -1.80. The van der Waals surface area contributed by atoms with Crippen LogP contribution in [-0.2, 0) is 0 Å². The highest BCUT2D eigenvalue weighted by molar-refractivity contribution is 5.39. The van der Waals surface area contributed by atoms with Gasteiger partial charge in [-0.15, -0.1) is 0 Å². The zero-order valence-corrected chi connectivity index (χ0v) is 10.3. The van der Waals surface area contributed by atoms with Gasteiger partial charge in [0, 0.05) is 11.5 Å². The van der Waals surface area contributed by atoms with Gasteiger partial charge >= 0.3 is 0 Å². The summed E-state index contributed by atoms with van der Waals surface area (Å²) in [6.45, 7) is 2.03. The largest absolute Gasteiger partial charge is 0.485 e. The molecule has 0 saturated heterocycles. The lowest BCUT2D eigenvalue weighted by Gasteiger charge is -2.35. The molecular weight excluding hydrogens is 224 g/mol. The van der Waals surface area contributed by atoms with E-state index in [1.165, 1.54) is 0 Å². The van der Waals surface area contributed by atoms with Gasteiger partial charge < -0.3 is 9.84 Å². The quantitative estimate of drug-likeness (QED) is 0.826. The van der Waals surface area contributed by atoms with E-state index in [4.69, 9.17) is 4.74 Å². The Morgan fingerprint density at radius 1 is 0.944 bits per heavy atom. The summed E-state index contributed by atoms with van der Waals surface area (Å²) in [4.78, 5) is 0. The van der Waals surface area contributed by atoms with Crippen LogP contribution >= 0.6 is 0 Å². The minimum absolute atomic E-state index is 0.0438. The van der Waals surface area contributed by atoms with Gasteiger partial charge in [-0.1, -0.05) is 55.5 Å². The highest BCUT2D eigenvalue weighted by Gasteiger charge is 2.34. The van der Waals surface area contributed by atoms with Crippen molar-refractivity contribution in [2.24, 2.45) is 5.92 Å². The molecule has 3 rings (SSSR count). The fraction of sp³-hybridized carbons (Fsp3) is 0.250. The predicted molar refractivity (Wildman–Crippen MR) is 70.4 cm³/mol. The summed E-state index contributed by atoms with van der Waals surface area (Å²) in [5.74, 6) is 0.833. The number of fused-ring (bicyclic) bond motifs is 1. The summed E-state index contributed by atoms with van der Waals surface area (Å²) in [7, 11) is 0. The van der Waals surface area contributed by atoms with Crippen molar-refractivity contribution in [3.8, 4) is 5.75 Å². The first-order valence-corrected chi connectivity index (χ1v) is 6.26. The lowest BCUT2D eigenvalue weighted by Crippen LogP contribution is -2.27. The molecule has 0 amide bonds. The second-order valence-corrected chi connectivity index (χ2v) is 4.79. The van der Waals surface area contributed by atoms with Gasteiger partial charge in [0.1, 0.15) is 11.9 Å². The Kier molecular flexibility index (Phi) is 2.80. The molecule has 0 aliphatic carbocycles. The van der Waals surface area contributed by atoms with E-state index in [0.29, 0.717) is 0 Å². The number of ether oxygens (including phenoxy) is 1. The van der Waals surface area contributed by atoms with Crippen molar-refractivity contribution >= 4 is 0 Å². The molecule has 1 N–H and O–H groups in total. The fourth-order valence-corrected chi connectivity index (χ4v) is 2.54. The van der Waals surface area contributed by atoms with Crippen LogP contribution in [0.3, 0.4) is 0 Å². The average molecular weight is 240 g/mol. The summed E-state index contributed by atoms with van der Waals surface area (Å²) >= 11 is 0. The fourth-order valence-electron chi connectivity index (χ4n) is 2.54. The molecule has 0 unspecified atom stereocenters. The number of aliphatic hydroxyl groups excluding tert-OH is 1. The molecule has 0 saturated carbocycles. The molecular formula is C16H16O2. The molecule has 1 aliphatic heterocycles. The van der Waals surface area contributed by atoms with Crippen molar-refractivity contribution in [1.29, 1.82) is 0 Å². The van der Waals surface area contributed by atoms with Crippen LogP contribution in [0.4, 0.5) is 0 Å². The third kappa shape index (κ3) is 1.79. The highest BCUT2D eigenvalue weighted by atomic mass is 16.5. The second-order valence-electron chi connectivity index (χ2n) is 4.79. The van der Waals surface area contributed by atoms with Gasteiger partial charge in [-0.05, 0) is 11.6 Å². The van der Waals surface area contributed by atoms with Crippen LogP contribution in [-0.4, -0.2) is 5.11 Å². The maximum absolute atomic E-state index is 10.4. The second kappa shape index (κ2) is 4.46. The summed E-state index contributed by atoms with van der Waals surface area (Å²) in [6, 6.07) is 17.8. The Balaban J connectivity index is 2.01. The van der Waals surface area contributed by atoms with Crippen LogP contribution in [0.5, 0.6) is 5.75 Å². The van der Waals surface area contributed by atoms with Crippen LogP contribution < -0.4 is 4.74 Å². The minimum Gasteiger partial charge on any atom is -0.485 e. The molecule has 0 fully saturated rings. The van der Waals surface area contributed by atoms with E-state index in [1.54, 1.807) is 0 Å². The van der Waals surface area contributed by atoms with Crippen LogP contribution in [0.15, 0.2) is 54.6 Å². The molecule has 0 radical (unpaired) electrons. The summed E-state index contributed by atoms with van der Waals surface area (Å²) in [6.07, 6.45) is -0.559. The first kappa shape index (κ1) is 11.3. The summed E-state index contributed by atoms with van der Waals surface area (Å²) < 4.78 is 6.04. The molecule has 2 nitrogen and oxygen atoms in total. The lowest BCUT2D eigenvalue weighted by molar-refractivity contribution is 0.00765. The lowest BCUT2D eigenvalue weighted by atomic mass is 9.86. The maximum atomic E-state index is 10.4. The first-order valence-electron chi connectivity index (χ1n) is 6.26. The Labute approximate surface area is 107 Å². The van der Waals surface area contributed by atoms with E-state index in [-0.39, 0.29) is 12.0 Å². The molecule has 0 aromatic heterocycles. The third-order valence-electron chi connectivity index (χ3n) is 3.60. The SMILES string of the molecule is C[C@@H]1[C@@H](O)c2ccccc2O[C@H]1c1ccccc1. The van der Waals surface area contributed by atoms with Crippen LogP contribution in [0.25, 0.3) is 0 Å². The van der Waals surface area contributed by atoms with Crippen molar-refractivity contribution in [2.45, 2.75) is 19.1 Å². The highest BCUT2D eigenvalue weighted by Crippen LogP contribution is 2.44. The van der Waals surface area contributed by atoms with E-state index in [1.807, 2.05) is 61.5 Å². The van der Waals surface area contributed by atoms with E-state index in [9.17, 15) is 5.11 Å². The van der Waals surface area contributed by atoms with Gasteiger partial charge in [-0.2, -0.15) is 0 Å². The van der Waals surface area contributed by atoms with Gasteiger partial charge in [0.15, 0.2) is 0 Å². The predicted octanol–water partition coefficient (Wildman–Crippen LogP) is 3.49. The third-order valence-corrected chi connectivity index (χ3v) is 3.60. The molecule has 1 aliphatic rings. The molecule has 92 valence electrons. The smallest absolute Gasteiger partial charge is 0.129 e. The number of aliphatic hydroxyl groups is 1. The van der Waals surface area contributed by atoms with E-state index >= 15 is 0 Å². The Bertz CT molecular complexity index is 536. The normalized spacial score (nSPS) is 26.2. The molecule has 3 atom stereocenters. The molecule has 2 heteroatoms. The summed E-state index contributed by atoms with van der Waals surface area (Å²) in [5, 5.41) is 10.4. The number of benzene rings is 2. The standard InChI is InChI=1S/C16H16O2/c1-11-15(17)13-9-5-6-10-14(13)18-16(11)12-7-3-2-4-8-12/h2-11,15-17H,1H3/t11-,15-,16-/m1/s1. The average Bonchev–Trinajstić information content (AvgIpc) is 2.44. The van der Waals surface area contributed by atoms with Gasteiger partial charge in [-0.25, -0.2) is 0 Å². The molecule has 2 aromatic carbocycles. The van der Waals surface area contributed by atoms with Crippen LogP contribution in [0, 0.1) is 5.92 Å². The van der Waals surface area contributed by atoms with Crippen molar-refractivity contribution < 1.29 is 9.84 Å². The van der Waals surface area contributed by atoms with Crippen molar-refractivity contribution in [1.82, 2.24) is 0 Å². The number of rotatable bonds is 1. The van der Waals surface area contributed by atoms with Gasteiger partial charge in [0.25, 0.3) is 0 Å². The number of hydrogen-bond acceptors (Lipinski definition) is 2. The molecule has 1 heterocycles. The molecule has 0 spiro atoms. The van der Waals surface area contributed by atoms with E-state index in [2.05, 4.69) is 0 Å². The molecule has 2 aromatic rings. The minimum atomic E-state index is -0.472. The summed E-state index contributed by atoms with van der Waals surface area (Å²) in [5.41, 5.74) is 2.00. The number of hydrogen-bond donors (Lipinski definition) is 1. The Morgan fingerprint density at radius 2 is 1.61 bits per heavy atom. The molecule has 0 bridgehead atoms. The monoisotopic (exact) mass is 240 g/mol. The maximum Gasteiger partial charge on any atom is 0.129 e. The molecule has 18 heavy (non-hydrogen) atoms. The zero-order valence-electron chi connectivity index (χ0n) is 10.3. The van der Waals surface area contributed by atoms with Crippen molar-refractivity contribution in [3.63, 3.8) is 0 Å². The van der Waals surface area contributed by atoms with Gasteiger partial charge in [0.05, 0.1) is 6.10 Å². The topological polar surface area (TPSA) is 29.5 Å². The van der Waals surface area contributed by atoms with Crippen molar-refractivity contribution in [3.05, 3.63) is 65.7 Å². The first-order chi connectivity index (χ1) is 8.77. The van der Waals surface area contributed by atoms with Gasteiger partial charge in [0.2, 0.25) is 0 Å². The van der Waals surface area contributed by atoms with Gasteiger partial charge in [-0.3, -0.25) is 0 Å². The van der Waals surface area contributed by atoms with Crippen LogP contribution in [0.2, 0.25) is 0 Å². The Morgan fingerprint density at radius 3 is 2.39 bits per heavy atom. The van der Waals surface area contributed by atoms with E-state index in [0.717, 1.165) is 16.9 Å². The van der Waals surface area contributed by atoms with Crippen LogP contribution in [0.1, 0.15) is 30.3 Å². The van der Waals surface area contributed by atoms with E-state index < -0.39 is 6.10 Å².